The zero-order valence-corrected chi connectivity index (χ0v) is 6.43. The van der Waals surface area contributed by atoms with Crippen molar-refractivity contribution in [2.45, 2.75) is 0 Å². The van der Waals surface area contributed by atoms with Gasteiger partial charge in [-0.2, -0.15) is 0 Å². The molecule has 0 saturated carbocycles. The Kier molecular flexibility index (Phi) is 519. The Morgan fingerprint density at radius 3 is 1.00 bits per heavy atom. The average molecular weight is 118 g/mol. The van der Waals surface area contributed by atoms with E-state index >= 15 is 0 Å². The van der Waals surface area contributed by atoms with Gasteiger partial charge < -0.3 is 19.3 Å². The Hall–Kier alpha value is 1.91. The Morgan fingerprint density at radius 1 is 1.00 bits per heavy atom. The van der Waals surface area contributed by atoms with Gasteiger partial charge in [-0.05, 0) is 0 Å². The molecule has 0 radical (unpaired) electrons. The molecule has 0 spiro atoms. The van der Waals surface area contributed by atoms with Crippen molar-refractivity contribution in [1.29, 1.82) is 0 Å². The van der Waals surface area contributed by atoms with E-state index in [-0.39, 0.29) is 80.1 Å². The maximum Gasteiger partial charge on any atom is 2.00 e. The number of hydrogen-bond donors (Lipinski definition) is 0. The van der Waals surface area contributed by atoms with Crippen LogP contribution in [0.3, 0.4) is 0 Å². The summed E-state index contributed by atoms with van der Waals surface area (Å²) in [6.45, 7) is 0. The van der Waals surface area contributed by atoms with Crippen LogP contribution in [0.4, 0.5) is 0 Å². The summed E-state index contributed by atoms with van der Waals surface area (Å²) in [6.07, 6.45) is 0. The second kappa shape index (κ2) is 39.1. The molecule has 0 rings (SSSR count). The minimum atomic E-state index is 0. The van der Waals surface area contributed by atoms with Gasteiger partial charge in [-0.25, -0.2) is 0 Å². The van der Waals surface area contributed by atoms with E-state index in [9.17, 15) is 0 Å². The van der Waals surface area contributed by atoms with Crippen LogP contribution in [0.25, 0.3) is 0 Å². The molecule has 0 heterocycles. The Bertz CT molecular complexity index is 12.9. The van der Waals surface area contributed by atoms with Crippen molar-refractivity contribution in [3.05, 3.63) is 0 Å². The molecule has 0 aliphatic heterocycles. The molecule has 4 N–H and O–H groups in total. The standard InChI is InChI=1S/Ca.Mg.3H2O.2H/h;;3*1H2;;/q2*+2;;;;2*-1/p-2. The van der Waals surface area contributed by atoms with E-state index < -0.39 is 0 Å². The molecule has 0 bridgehead atoms. The van der Waals surface area contributed by atoms with Gasteiger partial charge in [0.05, 0.1) is 0 Å². The first-order valence-corrected chi connectivity index (χ1v) is 0. The van der Waals surface area contributed by atoms with E-state index in [1.165, 1.54) is 0 Å². The van der Waals surface area contributed by atoms with E-state index in [1.807, 2.05) is 0 Å². The fourth-order valence-corrected chi connectivity index (χ4v) is 0. The van der Waals surface area contributed by atoms with Crippen LogP contribution in [-0.4, -0.2) is 77.2 Å². The molecule has 0 aromatic carbocycles. The number of hydrogen-bond acceptors (Lipinski definition) is 2. The molecule has 0 saturated heterocycles. The molecule has 0 fully saturated rings. The maximum absolute atomic E-state index is 0. The van der Waals surface area contributed by atoms with E-state index in [0.717, 1.165) is 0 Å². The largest absolute Gasteiger partial charge is 2.00 e. The fourth-order valence-electron chi connectivity index (χ4n) is 0. The zero-order valence-electron chi connectivity index (χ0n) is 4.81. The third-order valence-corrected chi connectivity index (χ3v) is 0. The quantitative estimate of drug-likeness (QED) is 0.354. The predicted octanol–water partition coefficient (Wildman–Crippen LogP) is -1.71. The van der Waals surface area contributed by atoms with Crippen LogP contribution in [0.2, 0.25) is 0 Å². The van der Waals surface area contributed by atoms with Gasteiger partial charge in [-0.1, -0.05) is 0 Å². The molecule has 0 aromatic heterocycles. The Balaban J connectivity index is 0. The molecule has 5 heavy (non-hydrogen) atoms. The average Bonchev–Trinajstić information content (AvgIpc) is 0. The molecule has 28 valence electrons. The molecule has 0 amide bonds. The molecular formula is H6CaMgO3. The summed E-state index contributed by atoms with van der Waals surface area (Å²) < 4.78 is 0. The van der Waals surface area contributed by atoms with Crippen molar-refractivity contribution < 1.29 is 19.3 Å². The van der Waals surface area contributed by atoms with Crippen LogP contribution < -0.4 is 0 Å². The van der Waals surface area contributed by atoms with Crippen molar-refractivity contribution in [3.8, 4) is 0 Å². The van der Waals surface area contributed by atoms with E-state index in [0.29, 0.717) is 0 Å². The second-order valence-electron chi connectivity index (χ2n) is 0. The van der Waals surface area contributed by atoms with Crippen molar-refractivity contribution in [3.63, 3.8) is 0 Å². The molecular weight excluding hydrogens is 112 g/mol. The third kappa shape index (κ3) is 24.8. The summed E-state index contributed by atoms with van der Waals surface area (Å²) in [5.41, 5.74) is 0. The third-order valence-electron chi connectivity index (χ3n) is 0. The molecule has 0 unspecified atom stereocenters. The monoisotopic (exact) mass is 118 g/mol. The van der Waals surface area contributed by atoms with Crippen LogP contribution >= 0.6 is 0 Å². The zero-order chi connectivity index (χ0) is 0. The van der Waals surface area contributed by atoms with Crippen molar-refractivity contribution >= 4 is 60.8 Å². The van der Waals surface area contributed by atoms with Gasteiger partial charge in [0, 0.05) is 0 Å². The maximum atomic E-state index is 0. The van der Waals surface area contributed by atoms with Gasteiger partial charge in [0.2, 0.25) is 0 Å². The topological polar surface area (TPSA) is 91.5 Å². The normalized spacial score (nSPS) is 0. The summed E-state index contributed by atoms with van der Waals surface area (Å²) in [5, 5.41) is 0. The first-order valence-electron chi connectivity index (χ1n) is 0. The predicted molar refractivity (Wildman–Crippen MR) is 21.2 cm³/mol. The van der Waals surface area contributed by atoms with Crippen molar-refractivity contribution in [2.24, 2.45) is 0 Å². The van der Waals surface area contributed by atoms with E-state index in [1.54, 1.807) is 0 Å². The number of rotatable bonds is 0. The second-order valence-corrected chi connectivity index (χ2v) is 0. The summed E-state index contributed by atoms with van der Waals surface area (Å²) in [6, 6.07) is 0. The Morgan fingerprint density at radius 2 is 1.00 bits per heavy atom. The van der Waals surface area contributed by atoms with Crippen molar-refractivity contribution in [2.75, 3.05) is 0 Å². The Labute approximate surface area is 79.2 Å². The minimum Gasteiger partial charge on any atom is -1.00 e. The summed E-state index contributed by atoms with van der Waals surface area (Å²) >= 11 is 0. The van der Waals surface area contributed by atoms with Gasteiger partial charge in [-0.3, -0.25) is 0 Å². The fraction of sp³-hybridized carbons (Fsp3) is 0. The molecule has 5 heteroatoms. The van der Waals surface area contributed by atoms with Gasteiger partial charge in [-0.15, -0.1) is 0 Å². The van der Waals surface area contributed by atoms with Crippen LogP contribution in [0.5, 0.6) is 0 Å². The molecule has 0 atom stereocenters. The summed E-state index contributed by atoms with van der Waals surface area (Å²) in [4.78, 5) is 0. The summed E-state index contributed by atoms with van der Waals surface area (Å²) in [5.74, 6) is 0. The van der Waals surface area contributed by atoms with Crippen LogP contribution in [0.15, 0.2) is 0 Å². The summed E-state index contributed by atoms with van der Waals surface area (Å²) in [7, 11) is 0. The smallest absolute Gasteiger partial charge is 1.00 e. The van der Waals surface area contributed by atoms with Gasteiger partial charge in [0.1, 0.15) is 0 Å². The molecule has 0 aliphatic carbocycles. The molecule has 0 aliphatic rings. The van der Waals surface area contributed by atoms with Gasteiger partial charge in [0.15, 0.2) is 0 Å². The minimum absolute atomic E-state index is 0. The first kappa shape index (κ1) is 66.3. The first-order chi connectivity index (χ1) is 0. The SMILES string of the molecule is O.[Ca+2].[H-].[H-].[Mg+2].[OH-].[OH-]. The van der Waals surface area contributed by atoms with E-state index in [2.05, 4.69) is 0 Å². The van der Waals surface area contributed by atoms with Crippen LogP contribution in [0.1, 0.15) is 2.85 Å². The molecule has 3 nitrogen and oxygen atoms in total. The van der Waals surface area contributed by atoms with Crippen molar-refractivity contribution in [1.82, 2.24) is 0 Å². The van der Waals surface area contributed by atoms with Gasteiger partial charge >= 0.3 is 60.8 Å². The van der Waals surface area contributed by atoms with E-state index in [4.69, 9.17) is 0 Å². The van der Waals surface area contributed by atoms with Crippen LogP contribution in [0, 0.1) is 0 Å². The molecule has 0 aromatic rings. The van der Waals surface area contributed by atoms with Crippen LogP contribution in [-0.2, 0) is 0 Å². The van der Waals surface area contributed by atoms with Gasteiger partial charge in [0.25, 0.3) is 0 Å².